The van der Waals surface area contributed by atoms with Crippen LogP contribution in [0.1, 0.15) is 84.1 Å². The van der Waals surface area contributed by atoms with Crippen molar-refractivity contribution in [3.63, 3.8) is 0 Å². The number of carbonyl (C=O) groups is 5. The third-order valence-corrected chi connectivity index (χ3v) is 13.3. The Labute approximate surface area is 338 Å². The Morgan fingerprint density at radius 3 is 2.28 bits per heavy atom. The summed E-state index contributed by atoms with van der Waals surface area (Å²) in [5.41, 5.74) is 6.62. The van der Waals surface area contributed by atoms with Crippen molar-refractivity contribution in [1.29, 1.82) is 0 Å². The average Bonchev–Trinajstić information content (AvgIpc) is 3.41. The highest BCUT2D eigenvalue weighted by Gasteiger charge is 2.48. The van der Waals surface area contributed by atoms with E-state index in [4.69, 9.17) is 17.3 Å². The fourth-order valence-electron chi connectivity index (χ4n) is 9.24. The van der Waals surface area contributed by atoms with E-state index >= 15 is 0 Å². The van der Waals surface area contributed by atoms with E-state index in [9.17, 15) is 37.1 Å². The number of aliphatic imine (C=N–C) groups is 1. The molecule has 5 heterocycles. The van der Waals surface area contributed by atoms with E-state index in [1.165, 1.54) is 6.20 Å². The molecule has 2 aromatic carbocycles. The van der Waals surface area contributed by atoms with Gasteiger partial charge in [-0.1, -0.05) is 11.6 Å². The minimum absolute atomic E-state index is 0.0795. The van der Waals surface area contributed by atoms with Gasteiger partial charge in [-0.15, -0.1) is 0 Å². The number of rotatable bonds is 9. The molecular weight excluding hydrogens is 777 g/mol. The molecular formula is C41H46ClF3N8O5. The highest BCUT2D eigenvalue weighted by molar-refractivity contribution is 6.34. The van der Waals surface area contributed by atoms with Gasteiger partial charge >= 0.3 is 6.18 Å². The quantitative estimate of drug-likeness (QED) is 0.239. The van der Waals surface area contributed by atoms with Crippen molar-refractivity contribution in [2.75, 3.05) is 56.0 Å². The zero-order chi connectivity index (χ0) is 41.0. The molecule has 6 aliphatic rings. The van der Waals surface area contributed by atoms with Crippen molar-refractivity contribution in [3.8, 4) is 0 Å². The Balaban J connectivity index is 0.788. The number of nitrogens with one attached hydrogen (secondary N) is 2. The van der Waals surface area contributed by atoms with Crippen LogP contribution in [0.15, 0.2) is 53.3 Å². The second-order valence-corrected chi connectivity index (χ2v) is 17.1. The zero-order valence-electron chi connectivity index (χ0n) is 32.0. The number of benzene rings is 2. The van der Waals surface area contributed by atoms with Gasteiger partial charge < -0.3 is 25.8 Å². The topological polar surface area (TPSA) is 161 Å². The lowest BCUT2D eigenvalue weighted by Gasteiger charge is -2.55. The van der Waals surface area contributed by atoms with Crippen LogP contribution in [-0.2, 0) is 20.6 Å². The van der Waals surface area contributed by atoms with Gasteiger partial charge in [0.2, 0.25) is 11.8 Å². The van der Waals surface area contributed by atoms with E-state index in [1.807, 2.05) is 6.07 Å². The van der Waals surface area contributed by atoms with Gasteiger partial charge in [0.15, 0.2) is 0 Å². The summed E-state index contributed by atoms with van der Waals surface area (Å²) in [5, 5.41) is 4.72. The maximum absolute atomic E-state index is 13.3. The maximum atomic E-state index is 13.3. The molecule has 2 aromatic rings. The van der Waals surface area contributed by atoms with Gasteiger partial charge in [-0.25, -0.2) is 0 Å². The SMILES string of the molecule is NC=C(C=NC1(C(=O)Nc2ccc(C(F)(F)F)cc2Cl)CCC1)N1CCC(CN2CCC3(CC2)CN(c2ccc4c(c2)C(=O)N(C2CCC(=O)NC2=O)C4=O)C3)CC1. The number of halogens is 4. The lowest BCUT2D eigenvalue weighted by molar-refractivity contribution is -0.138. The minimum Gasteiger partial charge on any atom is -0.403 e. The molecule has 1 atom stereocenters. The van der Waals surface area contributed by atoms with Crippen LogP contribution in [-0.4, -0.2) is 108 Å². The van der Waals surface area contributed by atoms with Gasteiger partial charge in [-0.3, -0.25) is 39.2 Å². The number of carbonyl (C=O) groups excluding carboxylic acids is 5. The number of fused-ring (bicyclic) bond motifs is 1. The first kappa shape index (κ1) is 39.8. The smallest absolute Gasteiger partial charge is 0.403 e. The monoisotopic (exact) mass is 822 g/mol. The standard InChI is InChI=1S/C41H46ClF3N8O5/c42-31-18-26(41(43,44)45)2-5-32(31)48-38(58)40(10-1-11-40)47-21-28(20-46)51-14-8-25(9-15-51)22-50-16-12-39(13-17-50)23-52(24-39)27-3-4-29-30(19-27)37(57)53(36(29)56)33-6-7-34(54)49-35(33)55/h2-5,18-21,25,33H,1,6-17,22-24,46H2,(H,48,58)(H,49,54,55). The number of piperidine rings is 3. The highest BCUT2D eigenvalue weighted by Crippen LogP contribution is 2.44. The molecule has 0 aromatic heterocycles. The van der Waals surface area contributed by atoms with E-state index < -0.39 is 52.9 Å². The van der Waals surface area contributed by atoms with Crippen molar-refractivity contribution in [2.24, 2.45) is 22.1 Å². The molecule has 13 nitrogen and oxygen atoms in total. The van der Waals surface area contributed by atoms with Gasteiger partial charge in [-0.05, 0) is 107 Å². The third-order valence-electron chi connectivity index (χ3n) is 13.0. The van der Waals surface area contributed by atoms with Crippen molar-refractivity contribution in [2.45, 2.75) is 75.5 Å². The maximum Gasteiger partial charge on any atom is 0.416 e. The van der Waals surface area contributed by atoms with Crippen LogP contribution in [0.4, 0.5) is 24.5 Å². The Morgan fingerprint density at radius 2 is 1.66 bits per heavy atom. The lowest BCUT2D eigenvalue weighted by Crippen LogP contribution is -2.60. The first-order valence-corrected chi connectivity index (χ1v) is 20.3. The van der Waals surface area contributed by atoms with Crippen LogP contribution < -0.4 is 21.3 Å². The van der Waals surface area contributed by atoms with Crippen molar-refractivity contribution >= 4 is 58.7 Å². The van der Waals surface area contributed by atoms with E-state index in [1.54, 1.807) is 18.3 Å². The number of amides is 5. The zero-order valence-corrected chi connectivity index (χ0v) is 32.7. The predicted octanol–water partition coefficient (Wildman–Crippen LogP) is 4.81. The summed E-state index contributed by atoms with van der Waals surface area (Å²) < 4.78 is 39.3. The molecule has 1 aliphatic carbocycles. The number of alkyl halides is 3. The number of nitrogens with zero attached hydrogens (tertiary/aromatic N) is 5. The number of imide groups is 2. The largest absolute Gasteiger partial charge is 0.416 e. The second kappa shape index (κ2) is 15.3. The van der Waals surface area contributed by atoms with E-state index in [0.29, 0.717) is 24.3 Å². The molecule has 58 heavy (non-hydrogen) atoms. The summed E-state index contributed by atoms with van der Waals surface area (Å²) >= 11 is 6.09. The van der Waals surface area contributed by atoms with Gasteiger partial charge in [0.05, 0.1) is 33.1 Å². The Hall–Kier alpha value is -4.96. The molecule has 5 fully saturated rings. The number of allylic oxidation sites excluding steroid dienone is 1. The predicted molar refractivity (Wildman–Crippen MR) is 210 cm³/mol. The molecule has 17 heteroatoms. The Bertz CT molecular complexity index is 2080. The van der Waals surface area contributed by atoms with E-state index in [0.717, 1.165) is 112 Å². The molecule has 1 spiro atoms. The van der Waals surface area contributed by atoms with Crippen LogP contribution in [0.25, 0.3) is 0 Å². The summed E-state index contributed by atoms with van der Waals surface area (Å²) in [6.07, 6.45) is 4.74. The molecule has 0 radical (unpaired) electrons. The fourth-order valence-corrected chi connectivity index (χ4v) is 9.47. The Kier molecular flexibility index (Phi) is 10.5. The van der Waals surface area contributed by atoms with E-state index in [-0.39, 0.29) is 34.5 Å². The molecule has 0 bridgehead atoms. The van der Waals surface area contributed by atoms with Crippen LogP contribution >= 0.6 is 11.6 Å². The van der Waals surface area contributed by atoms with Crippen LogP contribution in [0.5, 0.6) is 0 Å². The fraction of sp³-hybridized carbons (Fsp3) is 0.512. The van der Waals surface area contributed by atoms with E-state index in [2.05, 4.69) is 30.3 Å². The van der Waals surface area contributed by atoms with Crippen LogP contribution in [0, 0.1) is 11.3 Å². The average molecular weight is 823 g/mol. The summed E-state index contributed by atoms with van der Waals surface area (Å²) in [6, 6.07) is 7.16. The summed E-state index contributed by atoms with van der Waals surface area (Å²) in [7, 11) is 0. The molecule has 1 unspecified atom stereocenters. The van der Waals surface area contributed by atoms with Gasteiger partial charge in [0.1, 0.15) is 11.6 Å². The van der Waals surface area contributed by atoms with Crippen LogP contribution in [0.2, 0.25) is 5.02 Å². The first-order valence-electron chi connectivity index (χ1n) is 19.9. The molecule has 5 amide bonds. The Morgan fingerprint density at radius 1 is 0.948 bits per heavy atom. The van der Waals surface area contributed by atoms with Gasteiger partial charge in [0, 0.05) is 62.7 Å². The molecule has 8 rings (SSSR count). The third kappa shape index (κ3) is 7.56. The molecule has 5 aliphatic heterocycles. The lowest BCUT2D eigenvalue weighted by atomic mass is 9.71. The number of likely N-dealkylation sites (tertiary alicyclic amines) is 2. The van der Waals surface area contributed by atoms with Crippen molar-refractivity contribution < 1.29 is 37.1 Å². The van der Waals surface area contributed by atoms with Gasteiger partial charge in [-0.2, -0.15) is 13.2 Å². The normalized spacial score (nSPS) is 23.9. The number of hydrogen-bond donors (Lipinski definition) is 3. The van der Waals surface area contributed by atoms with Crippen molar-refractivity contribution in [3.05, 3.63) is 70.0 Å². The first-order chi connectivity index (χ1) is 27.7. The van der Waals surface area contributed by atoms with Crippen molar-refractivity contribution in [1.82, 2.24) is 20.0 Å². The molecule has 4 saturated heterocycles. The molecule has 1 saturated carbocycles. The highest BCUT2D eigenvalue weighted by atomic mass is 35.5. The number of anilines is 2. The van der Waals surface area contributed by atoms with Crippen LogP contribution in [0.3, 0.4) is 0 Å². The second-order valence-electron chi connectivity index (χ2n) is 16.6. The summed E-state index contributed by atoms with van der Waals surface area (Å²) in [4.78, 5) is 76.5. The minimum atomic E-state index is -4.54. The number of nitrogens with two attached hydrogens (primary N) is 1. The number of hydrogen-bond acceptors (Lipinski definition) is 10. The summed E-state index contributed by atoms with van der Waals surface area (Å²) in [6.45, 7) is 6.38. The molecule has 308 valence electrons. The van der Waals surface area contributed by atoms with Gasteiger partial charge in [0.25, 0.3) is 17.7 Å². The summed E-state index contributed by atoms with van der Waals surface area (Å²) in [5.74, 6) is -1.91. The molecule has 4 N–H and O–H groups in total.